The molecule has 3 aromatic rings. The van der Waals surface area contributed by atoms with Gasteiger partial charge < -0.3 is 16.4 Å². The fraction of sp³-hybridized carbons (Fsp3) is 0.150. The minimum Gasteiger partial charge on any atom is -0.383 e. The quantitative estimate of drug-likeness (QED) is 0.520. The van der Waals surface area contributed by atoms with Crippen LogP contribution in [0.3, 0.4) is 0 Å². The number of pyridine rings is 1. The summed E-state index contributed by atoms with van der Waals surface area (Å²) in [4.78, 5) is 28.9. The first kappa shape index (κ1) is 20.9. The smallest absolute Gasteiger partial charge is 0.259 e. The van der Waals surface area contributed by atoms with E-state index in [2.05, 4.69) is 20.7 Å². The van der Waals surface area contributed by atoms with Crippen molar-refractivity contribution in [3.63, 3.8) is 0 Å². The Hall–Kier alpha value is -3.84. The first-order chi connectivity index (χ1) is 14.4. The van der Waals surface area contributed by atoms with E-state index in [4.69, 9.17) is 5.73 Å². The van der Waals surface area contributed by atoms with E-state index in [1.54, 1.807) is 42.1 Å². The number of carbonyl (C=O) groups is 2. The second-order valence-corrected chi connectivity index (χ2v) is 7.30. The molecule has 30 heavy (non-hydrogen) atoms. The second-order valence-electron chi connectivity index (χ2n) is 6.34. The molecule has 2 heterocycles. The van der Waals surface area contributed by atoms with E-state index in [0.29, 0.717) is 11.5 Å². The number of rotatable bonds is 6. The van der Waals surface area contributed by atoms with Crippen molar-refractivity contribution in [3.05, 3.63) is 59.3 Å². The Bertz CT molecular complexity index is 1140. The van der Waals surface area contributed by atoms with E-state index in [1.807, 2.05) is 19.1 Å². The van der Waals surface area contributed by atoms with Crippen LogP contribution in [0.2, 0.25) is 0 Å². The number of nitriles is 1. The molecule has 0 fully saturated rings. The van der Waals surface area contributed by atoms with E-state index >= 15 is 0 Å². The monoisotopic (exact) mass is 421 g/mol. The summed E-state index contributed by atoms with van der Waals surface area (Å²) in [5.74, 6) is -0.186. The summed E-state index contributed by atoms with van der Waals surface area (Å²) < 4.78 is 1.56. The molecule has 0 spiro atoms. The minimum atomic E-state index is -0.469. The summed E-state index contributed by atoms with van der Waals surface area (Å²) in [6, 6.07) is 14.0. The summed E-state index contributed by atoms with van der Waals surface area (Å²) in [6.45, 7) is 1.83. The predicted octanol–water partition coefficient (Wildman–Crippen LogP) is 2.56. The maximum atomic E-state index is 12.5. The Labute approximate surface area is 177 Å². The van der Waals surface area contributed by atoms with Gasteiger partial charge in [-0.15, -0.1) is 0 Å². The van der Waals surface area contributed by atoms with Crippen molar-refractivity contribution in [3.8, 4) is 6.07 Å². The Morgan fingerprint density at radius 2 is 1.97 bits per heavy atom. The van der Waals surface area contributed by atoms with Crippen molar-refractivity contribution < 1.29 is 9.59 Å². The van der Waals surface area contributed by atoms with Crippen LogP contribution in [-0.2, 0) is 11.8 Å². The van der Waals surface area contributed by atoms with Gasteiger partial charge in [-0.2, -0.15) is 10.4 Å². The van der Waals surface area contributed by atoms with Gasteiger partial charge in [-0.3, -0.25) is 14.3 Å². The first-order valence-electron chi connectivity index (χ1n) is 8.87. The molecule has 10 heteroatoms. The highest BCUT2D eigenvalue weighted by atomic mass is 32.2. The molecule has 9 nitrogen and oxygen atoms in total. The molecule has 0 aliphatic heterocycles. The third-order valence-corrected chi connectivity index (χ3v) is 5.01. The van der Waals surface area contributed by atoms with Crippen LogP contribution in [0.15, 0.2) is 47.5 Å². The van der Waals surface area contributed by atoms with Gasteiger partial charge in [0.05, 0.1) is 22.6 Å². The number of hydrogen-bond donors (Lipinski definition) is 3. The van der Waals surface area contributed by atoms with Gasteiger partial charge in [0.25, 0.3) is 5.91 Å². The minimum absolute atomic E-state index is 0.0148. The van der Waals surface area contributed by atoms with Crippen LogP contribution in [0.5, 0.6) is 0 Å². The molecule has 0 radical (unpaired) electrons. The van der Waals surface area contributed by atoms with Crippen LogP contribution in [0.1, 0.15) is 21.6 Å². The number of nitrogens with two attached hydrogens (primary N) is 1. The summed E-state index contributed by atoms with van der Waals surface area (Å²) in [6.07, 6.45) is 0. The Kier molecular flexibility index (Phi) is 6.34. The molecule has 0 atom stereocenters. The highest BCUT2D eigenvalue weighted by Crippen LogP contribution is 2.25. The summed E-state index contributed by atoms with van der Waals surface area (Å²) >= 11 is 1.06. The molecular weight excluding hydrogens is 402 g/mol. The Morgan fingerprint density at radius 3 is 2.60 bits per heavy atom. The van der Waals surface area contributed by atoms with Crippen molar-refractivity contribution in [2.75, 3.05) is 22.1 Å². The van der Waals surface area contributed by atoms with E-state index in [1.165, 1.54) is 6.07 Å². The number of nitrogens with zero attached hydrogens (tertiary/aromatic N) is 4. The first-order valence-corrected chi connectivity index (χ1v) is 9.86. The lowest BCUT2D eigenvalue weighted by Crippen LogP contribution is -2.17. The van der Waals surface area contributed by atoms with Gasteiger partial charge in [0.1, 0.15) is 22.7 Å². The molecule has 2 amide bonds. The zero-order chi connectivity index (χ0) is 21.7. The van der Waals surface area contributed by atoms with Crippen LogP contribution in [0.25, 0.3) is 0 Å². The van der Waals surface area contributed by atoms with Crippen molar-refractivity contribution in [2.45, 2.75) is 11.9 Å². The number of nitrogens with one attached hydrogen (secondary N) is 2. The fourth-order valence-electron chi connectivity index (χ4n) is 2.64. The van der Waals surface area contributed by atoms with Crippen molar-refractivity contribution >= 4 is 40.9 Å². The third kappa shape index (κ3) is 4.95. The molecule has 0 aliphatic rings. The van der Waals surface area contributed by atoms with Crippen LogP contribution >= 0.6 is 11.8 Å². The number of para-hydroxylation sites is 1. The Balaban J connectivity index is 1.70. The normalized spacial score (nSPS) is 10.3. The summed E-state index contributed by atoms with van der Waals surface area (Å²) in [7, 11) is 1.73. The van der Waals surface area contributed by atoms with E-state index < -0.39 is 5.91 Å². The number of thioether (sulfide) groups is 1. The molecular formula is C20H19N7O2S. The third-order valence-electron chi connectivity index (χ3n) is 4.02. The number of aromatic nitrogens is 3. The van der Waals surface area contributed by atoms with Gasteiger partial charge in [0.2, 0.25) is 5.91 Å². The van der Waals surface area contributed by atoms with Crippen molar-refractivity contribution in [2.24, 2.45) is 7.05 Å². The number of aryl methyl sites for hydroxylation is 2. The number of hydrogen-bond acceptors (Lipinski definition) is 7. The Morgan fingerprint density at radius 1 is 1.23 bits per heavy atom. The molecule has 0 bridgehead atoms. The largest absolute Gasteiger partial charge is 0.383 e. The zero-order valence-corrected chi connectivity index (χ0v) is 17.2. The topological polar surface area (TPSA) is 139 Å². The van der Waals surface area contributed by atoms with Gasteiger partial charge in [-0.1, -0.05) is 30.0 Å². The average Bonchev–Trinajstić information content (AvgIpc) is 3.03. The van der Waals surface area contributed by atoms with Gasteiger partial charge in [-0.25, -0.2) is 4.98 Å². The van der Waals surface area contributed by atoms with Crippen LogP contribution in [0.4, 0.5) is 17.3 Å². The molecule has 4 N–H and O–H groups in total. The summed E-state index contributed by atoms with van der Waals surface area (Å²) in [5, 5.41) is 19.4. The van der Waals surface area contributed by atoms with Crippen molar-refractivity contribution in [1.29, 1.82) is 5.26 Å². The predicted molar refractivity (Wildman–Crippen MR) is 115 cm³/mol. The highest BCUT2D eigenvalue weighted by Gasteiger charge is 2.17. The highest BCUT2D eigenvalue weighted by molar-refractivity contribution is 8.00. The van der Waals surface area contributed by atoms with E-state index in [-0.39, 0.29) is 33.6 Å². The SMILES string of the molecule is Cc1cc(NC(=O)CSc2nc(N)c(C(=O)Nc3ccccc3)cc2C#N)n(C)n1. The zero-order valence-electron chi connectivity index (χ0n) is 16.3. The van der Waals surface area contributed by atoms with E-state index in [9.17, 15) is 14.9 Å². The van der Waals surface area contributed by atoms with E-state index in [0.717, 1.165) is 17.5 Å². The molecule has 2 aromatic heterocycles. The maximum Gasteiger partial charge on any atom is 0.259 e. The van der Waals surface area contributed by atoms with Crippen molar-refractivity contribution in [1.82, 2.24) is 14.8 Å². The second kappa shape index (κ2) is 9.11. The van der Waals surface area contributed by atoms with Crippen LogP contribution in [-0.4, -0.2) is 32.3 Å². The number of carbonyl (C=O) groups excluding carboxylic acids is 2. The van der Waals surface area contributed by atoms with Gasteiger partial charge in [0.15, 0.2) is 0 Å². The number of benzene rings is 1. The lowest BCUT2D eigenvalue weighted by Gasteiger charge is -2.10. The van der Waals surface area contributed by atoms with Crippen LogP contribution in [0, 0.1) is 18.3 Å². The molecule has 0 saturated carbocycles. The molecule has 1 aromatic carbocycles. The number of nitrogen functional groups attached to an aromatic ring is 1. The molecule has 0 unspecified atom stereocenters. The molecule has 0 saturated heterocycles. The van der Waals surface area contributed by atoms with Gasteiger partial charge in [0, 0.05) is 18.8 Å². The maximum absolute atomic E-state index is 12.5. The average molecular weight is 421 g/mol. The number of anilines is 3. The van der Waals surface area contributed by atoms with Gasteiger partial charge in [-0.05, 0) is 25.1 Å². The lowest BCUT2D eigenvalue weighted by atomic mass is 10.2. The van der Waals surface area contributed by atoms with Gasteiger partial charge >= 0.3 is 0 Å². The standard InChI is InChI=1S/C20H19N7O2S/c1-12-8-16(27(2)26-12)24-17(28)11-30-20-13(10-21)9-15(18(22)25-20)19(29)23-14-6-4-3-5-7-14/h3-9H,11H2,1-2H3,(H2,22,25)(H,23,29)(H,24,28). The molecule has 3 rings (SSSR count). The van der Waals surface area contributed by atoms with Crippen LogP contribution < -0.4 is 16.4 Å². The fourth-order valence-corrected chi connectivity index (χ4v) is 3.41. The summed E-state index contributed by atoms with van der Waals surface area (Å²) in [5.41, 5.74) is 7.58. The number of amides is 2. The molecule has 0 aliphatic carbocycles. The molecule has 152 valence electrons. The lowest BCUT2D eigenvalue weighted by molar-refractivity contribution is -0.113.